The Morgan fingerprint density at radius 3 is 2.53 bits per heavy atom. The average molecular weight is 201 g/mol. The fourth-order valence-corrected chi connectivity index (χ4v) is 1.17. The van der Waals surface area contributed by atoms with E-state index in [0.717, 1.165) is 11.3 Å². The number of rotatable bonds is 2. The van der Waals surface area contributed by atoms with Gasteiger partial charge in [-0.2, -0.15) is 0 Å². The second-order valence-corrected chi connectivity index (χ2v) is 3.16. The van der Waals surface area contributed by atoms with Gasteiger partial charge in [0.2, 0.25) is 5.88 Å². The van der Waals surface area contributed by atoms with Crippen molar-refractivity contribution in [1.29, 1.82) is 0 Å². The lowest BCUT2D eigenvalue weighted by atomic mass is 10.2. The van der Waals surface area contributed by atoms with E-state index >= 15 is 0 Å². The van der Waals surface area contributed by atoms with Crippen molar-refractivity contribution in [3.63, 3.8) is 0 Å². The van der Waals surface area contributed by atoms with Gasteiger partial charge in [-0.3, -0.25) is 0 Å². The van der Waals surface area contributed by atoms with Gasteiger partial charge in [-0.1, -0.05) is 18.2 Å². The van der Waals surface area contributed by atoms with E-state index in [-0.39, 0.29) is 0 Å². The summed E-state index contributed by atoms with van der Waals surface area (Å²) in [7, 11) is 0. The van der Waals surface area contributed by atoms with E-state index in [1.165, 1.54) is 0 Å². The molecule has 0 unspecified atom stereocenters. The highest BCUT2D eigenvalue weighted by atomic mass is 16.5. The third-order valence-corrected chi connectivity index (χ3v) is 1.97. The van der Waals surface area contributed by atoms with Gasteiger partial charge in [0, 0.05) is 6.07 Å². The Labute approximate surface area is 87.7 Å². The van der Waals surface area contributed by atoms with Gasteiger partial charge in [0.1, 0.15) is 11.6 Å². The Morgan fingerprint density at radius 1 is 1.07 bits per heavy atom. The Bertz CT molecular complexity index is 454. The zero-order valence-electron chi connectivity index (χ0n) is 8.34. The second kappa shape index (κ2) is 3.96. The number of aromatic nitrogens is 2. The molecule has 2 rings (SSSR count). The van der Waals surface area contributed by atoms with Crippen LogP contribution in [0.25, 0.3) is 0 Å². The molecule has 0 spiro atoms. The maximum Gasteiger partial charge on any atom is 0.239 e. The van der Waals surface area contributed by atoms with Gasteiger partial charge in [-0.05, 0) is 24.6 Å². The molecule has 0 saturated heterocycles. The predicted octanol–water partition coefficient (Wildman–Crippen LogP) is 2.16. The van der Waals surface area contributed by atoms with E-state index in [2.05, 4.69) is 10.2 Å². The molecule has 0 fully saturated rings. The van der Waals surface area contributed by atoms with Crippen LogP contribution >= 0.6 is 0 Å². The summed E-state index contributed by atoms with van der Waals surface area (Å²) >= 11 is 0. The molecule has 0 atom stereocenters. The fourth-order valence-electron chi connectivity index (χ4n) is 1.17. The number of nitrogen functional groups attached to an aromatic ring is 1. The molecule has 0 bridgehead atoms. The molecule has 4 heteroatoms. The summed E-state index contributed by atoms with van der Waals surface area (Å²) in [4.78, 5) is 0. The van der Waals surface area contributed by atoms with Gasteiger partial charge in [0.05, 0.1) is 0 Å². The van der Waals surface area contributed by atoms with E-state index in [1.807, 2.05) is 31.2 Å². The van der Waals surface area contributed by atoms with E-state index in [4.69, 9.17) is 10.5 Å². The standard InChI is InChI=1S/C11H11N3O/c1-8-4-2-3-5-9(8)15-11-7-6-10(12)13-14-11/h2-7H,1H3,(H2,12,13). The van der Waals surface area contributed by atoms with Crippen LogP contribution < -0.4 is 10.5 Å². The van der Waals surface area contributed by atoms with Crippen LogP contribution in [0.4, 0.5) is 5.82 Å². The molecule has 0 amide bonds. The Morgan fingerprint density at radius 2 is 1.87 bits per heavy atom. The first-order chi connectivity index (χ1) is 7.25. The largest absolute Gasteiger partial charge is 0.437 e. The van der Waals surface area contributed by atoms with Crippen molar-refractivity contribution in [3.05, 3.63) is 42.0 Å². The lowest BCUT2D eigenvalue weighted by Gasteiger charge is -2.06. The summed E-state index contributed by atoms with van der Waals surface area (Å²) in [5, 5.41) is 7.53. The Kier molecular flexibility index (Phi) is 2.49. The van der Waals surface area contributed by atoms with Crippen molar-refractivity contribution in [2.24, 2.45) is 0 Å². The molecule has 2 aromatic rings. The van der Waals surface area contributed by atoms with Crippen molar-refractivity contribution in [1.82, 2.24) is 10.2 Å². The smallest absolute Gasteiger partial charge is 0.239 e. The highest BCUT2D eigenvalue weighted by Crippen LogP contribution is 2.22. The van der Waals surface area contributed by atoms with Gasteiger partial charge >= 0.3 is 0 Å². The first kappa shape index (κ1) is 9.45. The molecule has 0 aliphatic carbocycles. The number of nitrogens with zero attached hydrogens (tertiary/aromatic N) is 2. The highest BCUT2D eigenvalue weighted by Gasteiger charge is 2.01. The average Bonchev–Trinajstić information content (AvgIpc) is 2.25. The van der Waals surface area contributed by atoms with E-state index < -0.39 is 0 Å². The number of nitrogens with two attached hydrogens (primary N) is 1. The molecule has 1 heterocycles. The summed E-state index contributed by atoms with van der Waals surface area (Å²) in [6, 6.07) is 11.1. The van der Waals surface area contributed by atoms with Crippen molar-refractivity contribution in [2.45, 2.75) is 6.92 Å². The SMILES string of the molecule is Cc1ccccc1Oc1ccc(N)nn1. The predicted molar refractivity (Wildman–Crippen MR) is 57.7 cm³/mol. The third-order valence-electron chi connectivity index (χ3n) is 1.97. The molecule has 15 heavy (non-hydrogen) atoms. The van der Waals surface area contributed by atoms with Crippen molar-refractivity contribution >= 4 is 5.82 Å². The number of hydrogen-bond donors (Lipinski definition) is 1. The van der Waals surface area contributed by atoms with E-state index in [9.17, 15) is 0 Å². The molecular formula is C11H11N3O. The van der Waals surface area contributed by atoms with Crippen molar-refractivity contribution in [3.8, 4) is 11.6 Å². The van der Waals surface area contributed by atoms with Crippen molar-refractivity contribution < 1.29 is 4.74 Å². The van der Waals surface area contributed by atoms with Gasteiger partial charge in [-0.15, -0.1) is 10.2 Å². The van der Waals surface area contributed by atoms with Crippen LogP contribution in [0.1, 0.15) is 5.56 Å². The maximum atomic E-state index is 5.53. The minimum atomic E-state index is 0.382. The number of ether oxygens (including phenoxy) is 1. The van der Waals surface area contributed by atoms with E-state index in [1.54, 1.807) is 12.1 Å². The number of aryl methyl sites for hydroxylation is 1. The molecular weight excluding hydrogens is 190 g/mol. The minimum Gasteiger partial charge on any atom is -0.437 e. The summed E-state index contributed by atoms with van der Waals surface area (Å²) in [5.74, 6) is 1.60. The molecule has 4 nitrogen and oxygen atoms in total. The topological polar surface area (TPSA) is 61.0 Å². The van der Waals surface area contributed by atoms with Crippen LogP contribution in [0, 0.1) is 6.92 Å². The van der Waals surface area contributed by atoms with Crippen LogP contribution in [-0.2, 0) is 0 Å². The van der Waals surface area contributed by atoms with Crippen LogP contribution in [0.2, 0.25) is 0 Å². The quantitative estimate of drug-likeness (QED) is 0.808. The van der Waals surface area contributed by atoms with Crippen LogP contribution in [-0.4, -0.2) is 10.2 Å². The highest BCUT2D eigenvalue weighted by molar-refractivity contribution is 5.35. The first-order valence-corrected chi connectivity index (χ1v) is 4.58. The molecule has 0 aliphatic heterocycles. The Balaban J connectivity index is 2.22. The lowest BCUT2D eigenvalue weighted by molar-refractivity contribution is 0.452. The minimum absolute atomic E-state index is 0.382. The Hall–Kier alpha value is -2.10. The summed E-state index contributed by atoms with van der Waals surface area (Å²) in [6.07, 6.45) is 0. The summed E-state index contributed by atoms with van der Waals surface area (Å²) < 4.78 is 5.53. The van der Waals surface area contributed by atoms with Gasteiger partial charge in [-0.25, -0.2) is 0 Å². The molecule has 2 N–H and O–H groups in total. The first-order valence-electron chi connectivity index (χ1n) is 4.58. The molecule has 0 saturated carbocycles. The maximum absolute atomic E-state index is 5.53. The molecule has 0 aliphatic rings. The fraction of sp³-hybridized carbons (Fsp3) is 0.0909. The van der Waals surface area contributed by atoms with E-state index in [0.29, 0.717) is 11.7 Å². The summed E-state index contributed by atoms with van der Waals surface area (Å²) in [5.41, 5.74) is 6.47. The lowest BCUT2D eigenvalue weighted by Crippen LogP contribution is -1.95. The number of hydrogen-bond acceptors (Lipinski definition) is 4. The molecule has 1 aromatic carbocycles. The van der Waals surface area contributed by atoms with Crippen LogP contribution in [0.5, 0.6) is 11.6 Å². The normalized spacial score (nSPS) is 9.93. The number of benzene rings is 1. The van der Waals surface area contributed by atoms with Gasteiger partial charge < -0.3 is 10.5 Å². The monoisotopic (exact) mass is 201 g/mol. The molecule has 76 valence electrons. The number of anilines is 1. The summed E-state index contributed by atoms with van der Waals surface area (Å²) in [6.45, 7) is 1.97. The third kappa shape index (κ3) is 2.22. The van der Waals surface area contributed by atoms with Gasteiger partial charge in [0.15, 0.2) is 0 Å². The van der Waals surface area contributed by atoms with Crippen LogP contribution in [0.15, 0.2) is 36.4 Å². The number of para-hydroxylation sites is 1. The second-order valence-electron chi connectivity index (χ2n) is 3.16. The molecule has 0 radical (unpaired) electrons. The zero-order chi connectivity index (χ0) is 10.7. The molecule has 1 aromatic heterocycles. The van der Waals surface area contributed by atoms with Gasteiger partial charge in [0.25, 0.3) is 0 Å². The van der Waals surface area contributed by atoms with Crippen LogP contribution in [0.3, 0.4) is 0 Å². The van der Waals surface area contributed by atoms with Crippen molar-refractivity contribution in [2.75, 3.05) is 5.73 Å². The zero-order valence-corrected chi connectivity index (χ0v) is 8.34.